The topological polar surface area (TPSA) is 80.9 Å². The highest BCUT2D eigenvalue weighted by molar-refractivity contribution is 5.92. The highest BCUT2D eigenvalue weighted by Gasteiger charge is 2.12. The predicted octanol–water partition coefficient (Wildman–Crippen LogP) is 4.29. The number of carbonyl (C=O) groups excluding carboxylic acids is 1. The van der Waals surface area contributed by atoms with Crippen molar-refractivity contribution in [1.29, 1.82) is 0 Å². The van der Waals surface area contributed by atoms with E-state index in [0.29, 0.717) is 18.0 Å². The minimum atomic E-state index is -0.422. The van der Waals surface area contributed by atoms with E-state index < -0.39 is 5.91 Å². The summed E-state index contributed by atoms with van der Waals surface area (Å²) in [6.07, 6.45) is 1.85. The van der Waals surface area contributed by atoms with Crippen molar-refractivity contribution in [1.82, 2.24) is 9.97 Å². The smallest absolute Gasteiger partial charge is 0.248 e. The summed E-state index contributed by atoms with van der Waals surface area (Å²) < 4.78 is 0. The summed E-state index contributed by atoms with van der Waals surface area (Å²) in [7, 11) is 0. The van der Waals surface area contributed by atoms with Crippen molar-refractivity contribution in [2.45, 2.75) is 33.2 Å². The molecule has 1 amide bonds. The van der Waals surface area contributed by atoms with Crippen LogP contribution in [0.1, 0.15) is 46.8 Å². The summed E-state index contributed by atoms with van der Waals surface area (Å²) in [5.41, 5.74) is 10.1. The van der Waals surface area contributed by atoms with Gasteiger partial charge in [0.25, 0.3) is 0 Å². The highest BCUT2D eigenvalue weighted by Crippen LogP contribution is 2.28. The molecule has 5 nitrogen and oxygen atoms in total. The molecule has 3 aromatic rings. The molecule has 0 spiro atoms. The fraction of sp³-hybridized carbons (Fsp3) is 0.227. The molecule has 0 bridgehead atoms. The van der Waals surface area contributed by atoms with Crippen LogP contribution in [0.5, 0.6) is 0 Å². The van der Waals surface area contributed by atoms with Crippen LogP contribution in [-0.2, 0) is 6.54 Å². The van der Waals surface area contributed by atoms with Gasteiger partial charge in [0.1, 0.15) is 5.82 Å². The molecule has 27 heavy (non-hydrogen) atoms. The van der Waals surface area contributed by atoms with Gasteiger partial charge in [-0.3, -0.25) is 4.79 Å². The molecule has 138 valence electrons. The molecule has 0 saturated carbocycles. The van der Waals surface area contributed by atoms with Crippen LogP contribution in [0.15, 0.2) is 54.7 Å². The number of anilines is 1. The number of carbonyl (C=O) groups is 1. The Kier molecular flexibility index (Phi) is 5.50. The zero-order chi connectivity index (χ0) is 19.4. The van der Waals surface area contributed by atoms with Crippen molar-refractivity contribution >= 4 is 11.7 Å². The number of primary amides is 1. The van der Waals surface area contributed by atoms with Crippen molar-refractivity contribution in [3.63, 3.8) is 0 Å². The van der Waals surface area contributed by atoms with Crippen LogP contribution >= 0.6 is 0 Å². The van der Waals surface area contributed by atoms with Crippen molar-refractivity contribution < 1.29 is 4.79 Å². The maximum atomic E-state index is 11.2. The van der Waals surface area contributed by atoms with Gasteiger partial charge in [-0.1, -0.05) is 50.2 Å². The first-order valence-electron chi connectivity index (χ1n) is 9.01. The first kappa shape index (κ1) is 18.6. The van der Waals surface area contributed by atoms with Crippen LogP contribution in [0.4, 0.5) is 5.82 Å². The standard InChI is InChI=1S/C22H24N4O/c1-14(2)18-6-4-5-7-19(18)22-24-12-15(3)21(26-22)25-13-16-8-10-17(11-9-16)20(23)27/h4-12,14H,13H2,1-3H3,(H2,23,27)(H,24,25,26). The number of aryl methyl sites for hydroxylation is 1. The number of nitrogens with two attached hydrogens (primary N) is 1. The van der Waals surface area contributed by atoms with Crippen molar-refractivity contribution in [2.75, 3.05) is 5.32 Å². The predicted molar refractivity (Wildman–Crippen MR) is 109 cm³/mol. The molecule has 5 heteroatoms. The van der Waals surface area contributed by atoms with E-state index in [4.69, 9.17) is 10.7 Å². The Balaban J connectivity index is 1.83. The van der Waals surface area contributed by atoms with E-state index in [1.165, 1.54) is 5.56 Å². The summed E-state index contributed by atoms with van der Waals surface area (Å²) in [6.45, 7) is 6.92. The van der Waals surface area contributed by atoms with E-state index in [0.717, 1.165) is 28.3 Å². The van der Waals surface area contributed by atoms with Crippen molar-refractivity contribution in [2.24, 2.45) is 5.73 Å². The average molecular weight is 360 g/mol. The molecule has 0 radical (unpaired) electrons. The van der Waals surface area contributed by atoms with Gasteiger partial charge in [0.15, 0.2) is 5.82 Å². The number of benzene rings is 2. The van der Waals surface area contributed by atoms with E-state index >= 15 is 0 Å². The molecule has 3 N–H and O–H groups in total. The number of hydrogen-bond donors (Lipinski definition) is 2. The number of hydrogen-bond acceptors (Lipinski definition) is 4. The first-order valence-corrected chi connectivity index (χ1v) is 9.01. The lowest BCUT2D eigenvalue weighted by atomic mass is 9.97. The summed E-state index contributed by atoms with van der Waals surface area (Å²) in [5, 5.41) is 3.37. The van der Waals surface area contributed by atoms with Gasteiger partial charge in [-0.2, -0.15) is 0 Å². The Bertz CT molecular complexity index is 949. The Morgan fingerprint density at radius 1 is 1.11 bits per heavy atom. The number of rotatable bonds is 6. The van der Waals surface area contributed by atoms with Gasteiger partial charge in [0.2, 0.25) is 5.91 Å². The minimum Gasteiger partial charge on any atom is -0.366 e. The van der Waals surface area contributed by atoms with Crippen LogP contribution in [-0.4, -0.2) is 15.9 Å². The second kappa shape index (κ2) is 7.99. The molecule has 0 aliphatic carbocycles. The summed E-state index contributed by atoms with van der Waals surface area (Å²) in [6, 6.07) is 15.5. The van der Waals surface area contributed by atoms with Gasteiger partial charge in [-0.05, 0) is 36.1 Å². The van der Waals surface area contributed by atoms with Gasteiger partial charge in [-0.25, -0.2) is 9.97 Å². The monoisotopic (exact) mass is 360 g/mol. The second-order valence-electron chi connectivity index (χ2n) is 6.88. The van der Waals surface area contributed by atoms with E-state index in [-0.39, 0.29) is 0 Å². The Morgan fingerprint density at radius 3 is 2.48 bits per heavy atom. The van der Waals surface area contributed by atoms with Crippen LogP contribution in [0, 0.1) is 6.92 Å². The van der Waals surface area contributed by atoms with Crippen LogP contribution in [0.25, 0.3) is 11.4 Å². The number of aromatic nitrogens is 2. The molecule has 2 aromatic carbocycles. The Hall–Kier alpha value is -3.21. The fourth-order valence-corrected chi connectivity index (χ4v) is 2.93. The molecule has 1 heterocycles. The molecule has 0 aliphatic rings. The largest absolute Gasteiger partial charge is 0.366 e. The van der Waals surface area contributed by atoms with Gasteiger partial charge in [-0.15, -0.1) is 0 Å². The molecule has 3 rings (SSSR count). The quantitative estimate of drug-likeness (QED) is 0.687. The third-order valence-corrected chi connectivity index (χ3v) is 4.49. The molecule has 0 aliphatic heterocycles. The van der Waals surface area contributed by atoms with Gasteiger partial charge >= 0.3 is 0 Å². The maximum absolute atomic E-state index is 11.2. The van der Waals surface area contributed by atoms with E-state index in [1.54, 1.807) is 12.1 Å². The Morgan fingerprint density at radius 2 is 1.81 bits per heavy atom. The normalized spacial score (nSPS) is 10.8. The van der Waals surface area contributed by atoms with E-state index in [9.17, 15) is 4.79 Å². The van der Waals surface area contributed by atoms with Crippen molar-refractivity contribution in [3.05, 3.63) is 77.0 Å². The van der Waals surface area contributed by atoms with E-state index in [2.05, 4.69) is 36.3 Å². The molecule has 0 fully saturated rings. The highest BCUT2D eigenvalue weighted by atomic mass is 16.1. The molecular weight excluding hydrogens is 336 g/mol. The van der Waals surface area contributed by atoms with Crippen LogP contribution in [0.3, 0.4) is 0 Å². The lowest BCUT2D eigenvalue weighted by Crippen LogP contribution is -2.11. The Labute approximate surface area is 159 Å². The van der Waals surface area contributed by atoms with Crippen LogP contribution < -0.4 is 11.1 Å². The second-order valence-corrected chi connectivity index (χ2v) is 6.88. The fourth-order valence-electron chi connectivity index (χ4n) is 2.93. The van der Waals surface area contributed by atoms with Crippen LogP contribution in [0.2, 0.25) is 0 Å². The number of nitrogens with one attached hydrogen (secondary N) is 1. The minimum absolute atomic E-state index is 0.395. The average Bonchev–Trinajstić information content (AvgIpc) is 2.67. The van der Waals surface area contributed by atoms with Gasteiger partial charge in [0, 0.05) is 29.4 Å². The summed E-state index contributed by atoms with van der Waals surface area (Å²) in [4.78, 5) is 20.5. The van der Waals surface area contributed by atoms with Gasteiger partial charge in [0.05, 0.1) is 0 Å². The third kappa shape index (κ3) is 4.31. The third-order valence-electron chi connectivity index (χ3n) is 4.49. The lowest BCUT2D eigenvalue weighted by Gasteiger charge is -2.14. The molecule has 1 aromatic heterocycles. The van der Waals surface area contributed by atoms with E-state index in [1.807, 2.05) is 37.4 Å². The number of amides is 1. The zero-order valence-electron chi connectivity index (χ0n) is 15.9. The summed E-state index contributed by atoms with van der Waals surface area (Å²) >= 11 is 0. The van der Waals surface area contributed by atoms with Gasteiger partial charge < -0.3 is 11.1 Å². The first-order chi connectivity index (χ1) is 13.0. The molecule has 0 unspecified atom stereocenters. The zero-order valence-corrected chi connectivity index (χ0v) is 15.9. The lowest BCUT2D eigenvalue weighted by molar-refractivity contribution is 0.100. The molecule has 0 atom stereocenters. The van der Waals surface area contributed by atoms with Crippen molar-refractivity contribution in [3.8, 4) is 11.4 Å². The molecular formula is C22H24N4O. The maximum Gasteiger partial charge on any atom is 0.248 e. The molecule has 0 saturated heterocycles. The summed E-state index contributed by atoms with van der Waals surface area (Å²) in [5.74, 6) is 1.50. The number of nitrogens with zero attached hydrogens (tertiary/aromatic N) is 2. The SMILES string of the molecule is Cc1cnc(-c2ccccc2C(C)C)nc1NCc1ccc(C(N)=O)cc1.